The molecule has 0 aliphatic rings. The van der Waals surface area contributed by atoms with Crippen LogP contribution in [0.1, 0.15) is 13.8 Å². The summed E-state index contributed by atoms with van der Waals surface area (Å²) in [5.74, 6) is -2.66. The minimum absolute atomic E-state index is 0.233. The first-order chi connectivity index (χ1) is 8.29. The summed E-state index contributed by atoms with van der Waals surface area (Å²) in [5, 5.41) is 8.90. The molecule has 0 amide bonds. The Morgan fingerprint density at radius 1 is 1.28 bits per heavy atom. The van der Waals surface area contributed by atoms with Crippen LogP contribution in [0.2, 0.25) is 0 Å². The first-order valence-electron chi connectivity index (χ1n) is 5.36. The molecule has 0 saturated carbocycles. The second-order valence-electron chi connectivity index (χ2n) is 4.12. The van der Waals surface area contributed by atoms with Gasteiger partial charge >= 0.3 is 0 Å². The smallest absolute Gasteiger partial charge is 0.246 e. The second kappa shape index (κ2) is 5.73. The fraction of sp³-hybridized carbons (Fsp3) is 0.455. The van der Waals surface area contributed by atoms with Crippen molar-refractivity contribution >= 4 is 10.0 Å². The van der Waals surface area contributed by atoms with E-state index in [4.69, 9.17) is 5.11 Å². The molecule has 1 aromatic carbocycles. The summed E-state index contributed by atoms with van der Waals surface area (Å²) in [4.78, 5) is -0.998. The molecule has 0 aliphatic carbocycles. The zero-order valence-corrected chi connectivity index (χ0v) is 10.8. The highest BCUT2D eigenvalue weighted by Crippen LogP contribution is 2.19. The summed E-state index contributed by atoms with van der Waals surface area (Å²) >= 11 is 0. The van der Waals surface area contributed by atoms with Crippen LogP contribution in [-0.2, 0) is 10.0 Å². The minimum atomic E-state index is -4.29. The van der Waals surface area contributed by atoms with Gasteiger partial charge in [0.05, 0.1) is 0 Å². The number of hydrogen-bond acceptors (Lipinski definition) is 3. The average Bonchev–Trinajstić information content (AvgIpc) is 2.26. The third-order valence-corrected chi connectivity index (χ3v) is 4.28. The summed E-state index contributed by atoms with van der Waals surface area (Å²) in [6.45, 7) is 2.89. The van der Waals surface area contributed by atoms with Gasteiger partial charge in [0.1, 0.15) is 11.6 Å². The zero-order chi connectivity index (χ0) is 13.9. The summed E-state index contributed by atoms with van der Waals surface area (Å²) < 4.78 is 52.5. The molecule has 0 bridgehead atoms. The first kappa shape index (κ1) is 15.0. The quantitative estimate of drug-likeness (QED) is 0.852. The van der Waals surface area contributed by atoms with Crippen molar-refractivity contribution in [1.29, 1.82) is 0 Å². The molecule has 4 nitrogen and oxygen atoms in total. The molecule has 0 aliphatic heterocycles. The molecule has 2 N–H and O–H groups in total. The summed E-state index contributed by atoms with van der Waals surface area (Å²) in [6, 6.07) is 2.19. The Balaban J connectivity index is 3.08. The van der Waals surface area contributed by atoms with Crippen molar-refractivity contribution in [3.63, 3.8) is 0 Å². The molecule has 0 radical (unpaired) electrons. The second-order valence-corrected chi connectivity index (χ2v) is 5.77. The lowest BCUT2D eigenvalue weighted by Crippen LogP contribution is -2.39. The topological polar surface area (TPSA) is 66.4 Å². The number of sulfonamides is 1. The number of halogens is 2. The molecule has 1 rings (SSSR count). The number of rotatable bonds is 5. The van der Waals surface area contributed by atoms with E-state index in [2.05, 4.69) is 4.72 Å². The molecule has 0 fully saturated rings. The van der Waals surface area contributed by atoms with Gasteiger partial charge in [-0.3, -0.25) is 0 Å². The van der Waals surface area contributed by atoms with Gasteiger partial charge in [-0.1, -0.05) is 13.0 Å². The lowest BCUT2D eigenvalue weighted by atomic mass is 10.1. The average molecular weight is 279 g/mol. The molecule has 0 saturated heterocycles. The largest absolute Gasteiger partial charge is 0.396 e. The Bertz CT molecular complexity index is 499. The molecule has 0 aromatic heterocycles. The lowest BCUT2D eigenvalue weighted by Gasteiger charge is -2.19. The molecule has 0 heterocycles. The van der Waals surface area contributed by atoms with E-state index < -0.39 is 32.6 Å². The predicted octanol–water partition coefficient (Wildman–Crippen LogP) is 1.26. The molecule has 0 spiro atoms. The van der Waals surface area contributed by atoms with Crippen molar-refractivity contribution in [3.05, 3.63) is 29.8 Å². The van der Waals surface area contributed by atoms with E-state index in [1.54, 1.807) is 6.92 Å². The fourth-order valence-corrected chi connectivity index (χ4v) is 2.81. The van der Waals surface area contributed by atoms with E-state index in [-0.39, 0.29) is 12.5 Å². The van der Waals surface area contributed by atoms with Crippen LogP contribution in [0.15, 0.2) is 23.1 Å². The number of benzene rings is 1. The summed E-state index contributed by atoms with van der Waals surface area (Å²) in [7, 11) is -4.29. The number of aliphatic hydroxyl groups is 1. The summed E-state index contributed by atoms with van der Waals surface area (Å²) in [6.07, 6.45) is 0. The number of aliphatic hydroxyl groups excluding tert-OH is 1. The highest BCUT2D eigenvalue weighted by Gasteiger charge is 2.26. The van der Waals surface area contributed by atoms with Gasteiger partial charge in [-0.2, -0.15) is 0 Å². The molecule has 102 valence electrons. The molecule has 18 heavy (non-hydrogen) atoms. The van der Waals surface area contributed by atoms with E-state index in [0.717, 1.165) is 18.2 Å². The van der Waals surface area contributed by atoms with Gasteiger partial charge in [0.2, 0.25) is 10.0 Å². The van der Waals surface area contributed by atoms with Gasteiger partial charge in [-0.15, -0.1) is 0 Å². The van der Waals surface area contributed by atoms with Crippen LogP contribution in [0.25, 0.3) is 0 Å². The molecular formula is C11H15F2NO3S. The van der Waals surface area contributed by atoms with Crippen LogP contribution in [-0.4, -0.2) is 26.2 Å². The lowest BCUT2D eigenvalue weighted by molar-refractivity contribution is 0.216. The van der Waals surface area contributed by atoms with Crippen molar-refractivity contribution in [2.24, 2.45) is 5.92 Å². The summed E-state index contributed by atoms with van der Waals surface area (Å²) in [5.41, 5.74) is 0. The monoisotopic (exact) mass is 279 g/mol. The van der Waals surface area contributed by atoms with E-state index >= 15 is 0 Å². The Labute approximate surface area is 105 Å². The van der Waals surface area contributed by atoms with Crippen LogP contribution >= 0.6 is 0 Å². The highest BCUT2D eigenvalue weighted by molar-refractivity contribution is 7.89. The normalized spacial score (nSPS) is 15.4. The van der Waals surface area contributed by atoms with Gasteiger partial charge in [0.25, 0.3) is 0 Å². The molecule has 2 atom stereocenters. The van der Waals surface area contributed by atoms with Gasteiger partial charge in [-0.05, 0) is 25.0 Å². The Morgan fingerprint density at radius 3 is 2.22 bits per heavy atom. The van der Waals surface area contributed by atoms with Gasteiger partial charge in [0.15, 0.2) is 4.90 Å². The van der Waals surface area contributed by atoms with Gasteiger partial charge in [0, 0.05) is 12.6 Å². The Morgan fingerprint density at radius 2 is 1.78 bits per heavy atom. The third kappa shape index (κ3) is 3.24. The van der Waals surface area contributed by atoms with Crippen LogP contribution in [0.5, 0.6) is 0 Å². The first-order valence-corrected chi connectivity index (χ1v) is 6.85. The minimum Gasteiger partial charge on any atom is -0.396 e. The van der Waals surface area contributed by atoms with E-state index in [1.807, 2.05) is 0 Å². The Kier molecular flexibility index (Phi) is 4.78. The van der Waals surface area contributed by atoms with Crippen LogP contribution in [0.4, 0.5) is 8.78 Å². The van der Waals surface area contributed by atoms with Crippen molar-refractivity contribution in [2.45, 2.75) is 24.8 Å². The third-order valence-electron chi connectivity index (χ3n) is 2.67. The van der Waals surface area contributed by atoms with Crippen molar-refractivity contribution in [3.8, 4) is 0 Å². The van der Waals surface area contributed by atoms with Crippen LogP contribution in [0, 0.1) is 17.6 Å². The van der Waals surface area contributed by atoms with E-state index in [1.165, 1.54) is 6.92 Å². The standard InChI is InChI=1S/C11H15F2NO3S/c1-7(6-15)8(2)14-18(16,17)11-9(12)4-3-5-10(11)13/h3-5,7-8,14-15H,6H2,1-2H3. The van der Waals surface area contributed by atoms with E-state index in [9.17, 15) is 17.2 Å². The van der Waals surface area contributed by atoms with Crippen molar-refractivity contribution in [2.75, 3.05) is 6.61 Å². The number of hydrogen-bond donors (Lipinski definition) is 2. The van der Waals surface area contributed by atoms with Gasteiger partial charge < -0.3 is 5.11 Å². The van der Waals surface area contributed by atoms with Crippen molar-refractivity contribution < 1.29 is 22.3 Å². The number of nitrogens with one attached hydrogen (secondary N) is 1. The molecule has 7 heteroatoms. The Hall–Kier alpha value is -1.05. The zero-order valence-electron chi connectivity index (χ0n) is 10.0. The van der Waals surface area contributed by atoms with E-state index in [0.29, 0.717) is 0 Å². The fourth-order valence-electron chi connectivity index (χ4n) is 1.32. The van der Waals surface area contributed by atoms with Crippen LogP contribution < -0.4 is 4.72 Å². The van der Waals surface area contributed by atoms with Crippen molar-refractivity contribution in [1.82, 2.24) is 4.72 Å². The maximum absolute atomic E-state index is 13.4. The highest BCUT2D eigenvalue weighted by atomic mass is 32.2. The molecular weight excluding hydrogens is 264 g/mol. The molecule has 2 unspecified atom stereocenters. The van der Waals surface area contributed by atoms with Gasteiger partial charge in [-0.25, -0.2) is 21.9 Å². The molecule has 1 aromatic rings. The van der Waals surface area contributed by atoms with Crippen LogP contribution in [0.3, 0.4) is 0 Å². The maximum Gasteiger partial charge on any atom is 0.246 e. The predicted molar refractivity (Wildman–Crippen MR) is 62.4 cm³/mol. The maximum atomic E-state index is 13.4. The SMILES string of the molecule is CC(CO)C(C)NS(=O)(=O)c1c(F)cccc1F.